The van der Waals surface area contributed by atoms with Gasteiger partial charge in [0.15, 0.2) is 5.65 Å². The average Bonchev–Trinajstić information content (AvgIpc) is 3.34. The Kier molecular flexibility index (Phi) is 5.56. The summed E-state index contributed by atoms with van der Waals surface area (Å²) < 4.78 is 12.5. The van der Waals surface area contributed by atoms with E-state index >= 15 is 0 Å². The fraction of sp³-hybridized carbons (Fsp3) is 0.478. The van der Waals surface area contributed by atoms with Crippen LogP contribution in [0.2, 0.25) is 0 Å². The van der Waals surface area contributed by atoms with E-state index in [4.69, 9.17) is 14.1 Å². The molecule has 1 amide bonds. The second-order valence-corrected chi connectivity index (χ2v) is 8.34. The topological polar surface area (TPSA) is 90.5 Å². The molecule has 4 heterocycles. The first-order valence-corrected chi connectivity index (χ1v) is 10.7. The van der Waals surface area contributed by atoms with Crippen molar-refractivity contribution >= 4 is 22.9 Å². The first-order chi connectivity index (χ1) is 14.8. The number of esters is 1. The van der Waals surface area contributed by atoms with Gasteiger partial charge in [0.05, 0.1) is 30.0 Å². The zero-order valence-electron chi connectivity index (χ0n) is 18.6. The van der Waals surface area contributed by atoms with Crippen LogP contribution in [0.5, 0.6) is 0 Å². The molecule has 0 bridgehead atoms. The van der Waals surface area contributed by atoms with E-state index in [0.29, 0.717) is 35.3 Å². The molecule has 1 aliphatic rings. The first kappa shape index (κ1) is 21.1. The second kappa shape index (κ2) is 8.17. The Bertz CT molecular complexity index is 1140. The molecule has 0 radical (unpaired) electrons. The van der Waals surface area contributed by atoms with Gasteiger partial charge >= 0.3 is 5.97 Å². The van der Waals surface area contributed by atoms with Gasteiger partial charge in [0.2, 0.25) is 0 Å². The van der Waals surface area contributed by atoms with Gasteiger partial charge in [0.25, 0.3) is 5.91 Å². The number of likely N-dealkylation sites (tertiary alicyclic amines) is 1. The number of rotatable bonds is 4. The minimum Gasteiger partial charge on any atom is -0.467 e. The van der Waals surface area contributed by atoms with Crippen LogP contribution in [0.25, 0.3) is 22.3 Å². The number of ether oxygens (including phenoxy) is 1. The van der Waals surface area contributed by atoms with Crippen LogP contribution in [0.4, 0.5) is 0 Å². The number of pyridine rings is 1. The molecule has 31 heavy (non-hydrogen) atoms. The van der Waals surface area contributed by atoms with Crippen molar-refractivity contribution < 1.29 is 18.7 Å². The molecule has 0 aliphatic carbocycles. The van der Waals surface area contributed by atoms with E-state index in [9.17, 15) is 9.59 Å². The molecule has 0 spiro atoms. The molecular weight excluding hydrogens is 396 g/mol. The minimum absolute atomic E-state index is 0.0770. The Labute approximate surface area is 181 Å². The zero-order chi connectivity index (χ0) is 22.3. The molecule has 1 atom stereocenters. The number of amides is 1. The molecule has 8 nitrogen and oxygen atoms in total. The number of aromatic nitrogens is 3. The number of hydrogen-bond acceptors (Lipinski definition) is 6. The maximum atomic E-state index is 13.7. The maximum Gasteiger partial charge on any atom is 0.328 e. The van der Waals surface area contributed by atoms with Gasteiger partial charge in [0.1, 0.15) is 17.6 Å². The summed E-state index contributed by atoms with van der Waals surface area (Å²) in [6, 6.07) is 3.22. The zero-order valence-corrected chi connectivity index (χ0v) is 18.6. The molecule has 8 heteroatoms. The number of carbonyl (C=O) groups excluding carboxylic acids is 2. The van der Waals surface area contributed by atoms with Crippen LogP contribution in [0.3, 0.4) is 0 Å². The molecule has 1 aliphatic heterocycles. The maximum absolute atomic E-state index is 13.7. The van der Waals surface area contributed by atoms with E-state index < -0.39 is 6.04 Å². The standard InChI is InChI=1S/C23H28N4O4/c1-13(2)27-21-18(12-24-27)17(11-19(25-21)16-10-14(3)31-15(16)4)22(28)26-9-7-6-8-20(26)23(29)30-5/h10-13,20H,6-9H2,1-5H3. The van der Waals surface area contributed by atoms with E-state index in [1.807, 2.05) is 38.4 Å². The largest absolute Gasteiger partial charge is 0.467 e. The van der Waals surface area contributed by atoms with Gasteiger partial charge in [0, 0.05) is 18.2 Å². The highest BCUT2D eigenvalue weighted by molar-refractivity contribution is 6.07. The van der Waals surface area contributed by atoms with E-state index in [2.05, 4.69) is 5.10 Å². The highest BCUT2D eigenvalue weighted by atomic mass is 16.5. The van der Waals surface area contributed by atoms with Crippen LogP contribution in [0.15, 0.2) is 22.7 Å². The van der Waals surface area contributed by atoms with Crippen molar-refractivity contribution in [3.8, 4) is 11.3 Å². The Morgan fingerprint density at radius 1 is 1.23 bits per heavy atom. The number of aryl methyl sites for hydroxylation is 2. The van der Waals surface area contributed by atoms with Gasteiger partial charge in [-0.25, -0.2) is 14.5 Å². The van der Waals surface area contributed by atoms with Crippen LogP contribution in [0, 0.1) is 13.8 Å². The van der Waals surface area contributed by atoms with Crippen LogP contribution in [-0.4, -0.2) is 51.2 Å². The Balaban J connectivity index is 1.89. The fourth-order valence-electron chi connectivity index (χ4n) is 4.31. The normalized spacial score (nSPS) is 16.8. The summed E-state index contributed by atoms with van der Waals surface area (Å²) in [6.07, 6.45) is 4.03. The van der Waals surface area contributed by atoms with Crippen molar-refractivity contribution in [1.82, 2.24) is 19.7 Å². The summed E-state index contributed by atoms with van der Waals surface area (Å²) in [5.74, 6) is 0.938. The highest BCUT2D eigenvalue weighted by Gasteiger charge is 2.34. The van der Waals surface area contributed by atoms with Crippen molar-refractivity contribution in [2.75, 3.05) is 13.7 Å². The Hall–Kier alpha value is -3.16. The number of carbonyl (C=O) groups is 2. The smallest absolute Gasteiger partial charge is 0.328 e. The number of fused-ring (bicyclic) bond motifs is 1. The lowest BCUT2D eigenvalue weighted by Gasteiger charge is -2.34. The molecule has 3 aromatic rings. The van der Waals surface area contributed by atoms with Crippen molar-refractivity contribution in [3.63, 3.8) is 0 Å². The predicted molar refractivity (Wildman–Crippen MR) is 116 cm³/mol. The summed E-state index contributed by atoms with van der Waals surface area (Å²) in [5.41, 5.74) is 2.62. The van der Waals surface area contributed by atoms with E-state index in [-0.39, 0.29) is 17.9 Å². The van der Waals surface area contributed by atoms with E-state index in [1.165, 1.54) is 7.11 Å². The third kappa shape index (κ3) is 3.71. The number of furan rings is 1. The first-order valence-electron chi connectivity index (χ1n) is 10.7. The van der Waals surface area contributed by atoms with Gasteiger partial charge in [-0.15, -0.1) is 0 Å². The molecule has 3 aromatic heterocycles. The third-order valence-corrected chi connectivity index (χ3v) is 5.84. The summed E-state index contributed by atoms with van der Waals surface area (Å²) in [4.78, 5) is 32.5. The molecular formula is C23H28N4O4. The van der Waals surface area contributed by atoms with Gasteiger partial charge < -0.3 is 14.1 Å². The lowest BCUT2D eigenvalue weighted by molar-refractivity contribution is -0.147. The van der Waals surface area contributed by atoms with Gasteiger partial charge in [-0.1, -0.05) is 0 Å². The number of nitrogens with zero attached hydrogens (tertiary/aromatic N) is 4. The van der Waals surface area contributed by atoms with Gasteiger partial charge in [-0.2, -0.15) is 5.10 Å². The van der Waals surface area contributed by atoms with Crippen LogP contribution >= 0.6 is 0 Å². The Morgan fingerprint density at radius 2 is 2.00 bits per heavy atom. The fourth-order valence-corrected chi connectivity index (χ4v) is 4.31. The van der Waals surface area contributed by atoms with Gasteiger partial charge in [-0.3, -0.25) is 4.79 Å². The monoisotopic (exact) mass is 424 g/mol. The molecule has 1 fully saturated rings. The molecule has 0 aromatic carbocycles. The quantitative estimate of drug-likeness (QED) is 0.587. The van der Waals surface area contributed by atoms with Crippen LogP contribution in [-0.2, 0) is 9.53 Å². The van der Waals surface area contributed by atoms with E-state index in [0.717, 1.165) is 29.9 Å². The van der Waals surface area contributed by atoms with Crippen molar-refractivity contribution in [2.45, 2.75) is 59.0 Å². The second-order valence-electron chi connectivity index (χ2n) is 8.34. The average molecular weight is 425 g/mol. The van der Waals surface area contributed by atoms with E-state index in [1.54, 1.807) is 17.2 Å². The van der Waals surface area contributed by atoms with Crippen LogP contribution < -0.4 is 0 Å². The molecule has 164 valence electrons. The third-order valence-electron chi connectivity index (χ3n) is 5.84. The minimum atomic E-state index is -0.573. The molecule has 4 rings (SSSR count). The summed E-state index contributed by atoms with van der Waals surface area (Å²) in [6.45, 7) is 8.32. The SMILES string of the molecule is COC(=O)C1CCCCN1C(=O)c1cc(-c2cc(C)oc2C)nc2c1cnn2C(C)C. The molecule has 1 saturated heterocycles. The summed E-state index contributed by atoms with van der Waals surface area (Å²) in [7, 11) is 1.36. The lowest BCUT2D eigenvalue weighted by atomic mass is 9.99. The number of hydrogen-bond donors (Lipinski definition) is 0. The summed E-state index contributed by atoms with van der Waals surface area (Å²) >= 11 is 0. The molecule has 0 N–H and O–H groups in total. The Morgan fingerprint density at radius 3 is 2.65 bits per heavy atom. The van der Waals surface area contributed by atoms with Crippen molar-refractivity contribution in [2.24, 2.45) is 0 Å². The lowest BCUT2D eigenvalue weighted by Crippen LogP contribution is -2.48. The van der Waals surface area contributed by atoms with Crippen LogP contribution in [0.1, 0.15) is 61.0 Å². The summed E-state index contributed by atoms with van der Waals surface area (Å²) in [5, 5.41) is 5.16. The van der Waals surface area contributed by atoms with Crippen molar-refractivity contribution in [1.29, 1.82) is 0 Å². The van der Waals surface area contributed by atoms with Crippen molar-refractivity contribution in [3.05, 3.63) is 35.4 Å². The molecule has 0 saturated carbocycles. The predicted octanol–water partition coefficient (Wildman–Crippen LogP) is 4.06. The number of piperidine rings is 1. The number of methoxy groups -OCH3 is 1. The van der Waals surface area contributed by atoms with Gasteiger partial charge in [-0.05, 0) is 59.1 Å². The highest BCUT2D eigenvalue weighted by Crippen LogP contribution is 2.31. The molecule has 1 unspecified atom stereocenters.